The molecule has 1 unspecified atom stereocenters. The Kier molecular flexibility index (Phi) is 5.06. The second-order valence-corrected chi connectivity index (χ2v) is 10.3. The minimum absolute atomic E-state index is 0.0768. The zero-order chi connectivity index (χ0) is 21.8. The molecular formula is C25H27BrN4O2. The molecule has 0 saturated carbocycles. The molecule has 3 aliphatic heterocycles. The molecule has 32 heavy (non-hydrogen) atoms. The number of aromatic nitrogens is 3. The summed E-state index contributed by atoms with van der Waals surface area (Å²) in [4.78, 5) is 20.2. The lowest BCUT2D eigenvalue weighted by Gasteiger charge is -2.48. The minimum Gasteiger partial charge on any atom is -0.497 e. The van der Waals surface area contributed by atoms with Gasteiger partial charge in [0.25, 0.3) is 5.56 Å². The van der Waals surface area contributed by atoms with Crippen LogP contribution in [0.4, 0.5) is 0 Å². The van der Waals surface area contributed by atoms with Crippen LogP contribution in [0.25, 0.3) is 10.9 Å². The third-order valence-electron chi connectivity index (χ3n) is 7.82. The van der Waals surface area contributed by atoms with E-state index in [1.165, 1.54) is 25.9 Å². The van der Waals surface area contributed by atoms with E-state index < -0.39 is 0 Å². The van der Waals surface area contributed by atoms with Gasteiger partial charge in [-0.1, -0.05) is 12.1 Å². The highest BCUT2D eigenvalue weighted by Gasteiger charge is 2.42. The maximum absolute atomic E-state index is 13.3. The largest absolute Gasteiger partial charge is 0.497 e. The van der Waals surface area contributed by atoms with Crippen molar-refractivity contribution in [2.45, 2.75) is 38.1 Å². The van der Waals surface area contributed by atoms with Crippen LogP contribution in [0.5, 0.6) is 5.75 Å². The maximum Gasteiger partial charge on any atom is 0.273 e. The highest BCUT2D eigenvalue weighted by atomic mass is 79.9. The Hall–Kier alpha value is -2.25. The molecule has 4 aliphatic rings. The number of methoxy groups -OCH3 is 1. The standard InChI is InChI=1S/C25H27BrN4O2/c1-32-17-4-2-15(3-5-17)13-30-24-20(26)12-27-25(31)22-18(6-7-21(28-30)23(22)24)19-14-29-10-8-16(19)9-11-29/h2-5,12,16,18-19H,6-11,13-14H2,1H3/t18-,19?/m0/s1. The Morgan fingerprint density at radius 2 is 1.94 bits per heavy atom. The fourth-order valence-electron chi connectivity index (χ4n) is 6.26. The van der Waals surface area contributed by atoms with Crippen molar-refractivity contribution in [1.82, 2.24) is 19.7 Å². The quantitative estimate of drug-likeness (QED) is 0.548. The van der Waals surface area contributed by atoms with Crippen LogP contribution in [-0.2, 0) is 13.0 Å². The number of hydrogen-bond acceptors (Lipinski definition) is 5. The summed E-state index contributed by atoms with van der Waals surface area (Å²) in [7, 11) is 1.68. The summed E-state index contributed by atoms with van der Waals surface area (Å²) in [6, 6.07) is 8.08. The SMILES string of the molecule is COc1ccc(Cn2nc3c4c(c(=O)ncc(Br)c42)[C@H](C2CN4CCC2CC4)CC3)cc1. The summed E-state index contributed by atoms with van der Waals surface area (Å²) in [6.07, 6.45) is 6.11. The molecule has 0 amide bonds. The van der Waals surface area contributed by atoms with Crippen molar-refractivity contribution >= 4 is 26.8 Å². The molecule has 0 N–H and O–H groups in total. The summed E-state index contributed by atoms with van der Waals surface area (Å²) < 4.78 is 8.17. The van der Waals surface area contributed by atoms with Gasteiger partial charge in [-0.3, -0.25) is 9.48 Å². The summed E-state index contributed by atoms with van der Waals surface area (Å²) in [5, 5.41) is 6.04. The molecule has 6 nitrogen and oxygen atoms in total. The first-order valence-corrected chi connectivity index (χ1v) is 12.3. The van der Waals surface area contributed by atoms with Crippen molar-refractivity contribution in [3.05, 3.63) is 62.1 Å². The number of piperidine rings is 3. The molecule has 1 aromatic carbocycles. The van der Waals surface area contributed by atoms with Crippen molar-refractivity contribution in [3.8, 4) is 5.75 Å². The summed E-state index contributed by atoms with van der Waals surface area (Å²) in [5.41, 5.74) is 4.01. The number of fused-ring (bicyclic) bond motifs is 3. The van der Waals surface area contributed by atoms with E-state index in [9.17, 15) is 4.79 Å². The first kappa shape index (κ1) is 20.4. The molecule has 1 aliphatic carbocycles. The van der Waals surface area contributed by atoms with E-state index in [2.05, 4.69) is 37.9 Å². The predicted molar refractivity (Wildman–Crippen MR) is 127 cm³/mol. The molecule has 0 radical (unpaired) electrons. The fraction of sp³-hybridized carbons (Fsp3) is 0.480. The Morgan fingerprint density at radius 1 is 1.16 bits per heavy atom. The topological polar surface area (TPSA) is 60.3 Å². The lowest BCUT2D eigenvalue weighted by atomic mass is 9.67. The van der Waals surface area contributed by atoms with Gasteiger partial charge in [-0.2, -0.15) is 5.10 Å². The molecule has 166 valence electrons. The van der Waals surface area contributed by atoms with Gasteiger partial charge in [0.2, 0.25) is 0 Å². The van der Waals surface area contributed by atoms with Gasteiger partial charge in [-0.05, 0) is 90.2 Å². The summed E-state index contributed by atoms with van der Waals surface area (Å²) in [6.45, 7) is 4.18. The molecule has 5 heterocycles. The number of halogens is 1. The molecule has 3 aromatic rings. The first-order valence-electron chi connectivity index (χ1n) is 11.6. The smallest absolute Gasteiger partial charge is 0.273 e. The van der Waals surface area contributed by atoms with Crippen molar-refractivity contribution in [3.63, 3.8) is 0 Å². The fourth-order valence-corrected chi connectivity index (χ4v) is 6.76. The van der Waals surface area contributed by atoms with Crippen molar-refractivity contribution in [2.75, 3.05) is 26.7 Å². The second kappa shape index (κ2) is 7.96. The Labute approximate surface area is 195 Å². The normalized spacial score (nSPS) is 26.4. The van der Waals surface area contributed by atoms with Crippen molar-refractivity contribution in [2.24, 2.45) is 11.8 Å². The Bertz CT molecular complexity index is 1230. The van der Waals surface area contributed by atoms with Gasteiger partial charge in [0, 0.05) is 23.7 Å². The van der Waals surface area contributed by atoms with Gasteiger partial charge in [-0.25, -0.2) is 4.98 Å². The van der Waals surface area contributed by atoms with E-state index in [1.807, 2.05) is 16.8 Å². The van der Waals surface area contributed by atoms with Gasteiger partial charge in [-0.15, -0.1) is 0 Å². The van der Waals surface area contributed by atoms with Crippen LogP contribution in [0.2, 0.25) is 0 Å². The monoisotopic (exact) mass is 494 g/mol. The molecule has 7 heteroatoms. The Morgan fingerprint density at radius 3 is 2.62 bits per heavy atom. The predicted octanol–water partition coefficient (Wildman–Crippen LogP) is 3.98. The van der Waals surface area contributed by atoms with E-state index in [0.29, 0.717) is 12.5 Å². The van der Waals surface area contributed by atoms with Crippen LogP contribution in [0.1, 0.15) is 42.0 Å². The van der Waals surface area contributed by atoms with E-state index in [4.69, 9.17) is 9.84 Å². The van der Waals surface area contributed by atoms with Crippen LogP contribution in [0, 0.1) is 11.8 Å². The van der Waals surface area contributed by atoms with Gasteiger partial charge in [0.15, 0.2) is 0 Å². The minimum atomic E-state index is -0.0768. The molecule has 2 bridgehead atoms. The van der Waals surface area contributed by atoms with E-state index in [0.717, 1.165) is 63.3 Å². The number of rotatable bonds is 4. The highest BCUT2D eigenvalue weighted by Crippen LogP contribution is 2.46. The average Bonchev–Trinajstić information content (AvgIpc) is 3.14. The van der Waals surface area contributed by atoms with Crippen molar-refractivity contribution < 1.29 is 4.74 Å². The molecular weight excluding hydrogens is 468 g/mol. The third-order valence-corrected chi connectivity index (χ3v) is 8.40. The average molecular weight is 495 g/mol. The van der Waals surface area contributed by atoms with Gasteiger partial charge in [0.1, 0.15) is 5.75 Å². The Balaban J connectivity index is 1.48. The van der Waals surface area contributed by atoms with Gasteiger partial charge >= 0.3 is 0 Å². The van der Waals surface area contributed by atoms with Crippen LogP contribution in [0.3, 0.4) is 0 Å². The highest BCUT2D eigenvalue weighted by molar-refractivity contribution is 9.10. The van der Waals surface area contributed by atoms with Gasteiger partial charge < -0.3 is 9.64 Å². The summed E-state index contributed by atoms with van der Waals surface area (Å²) in [5.74, 6) is 2.39. The number of nitrogens with zero attached hydrogens (tertiary/aromatic N) is 4. The number of aryl methyl sites for hydroxylation is 1. The molecule has 0 spiro atoms. The van der Waals surface area contributed by atoms with Crippen molar-refractivity contribution in [1.29, 1.82) is 0 Å². The lowest BCUT2D eigenvalue weighted by Crippen LogP contribution is -2.50. The molecule has 2 aromatic heterocycles. The maximum atomic E-state index is 13.3. The lowest BCUT2D eigenvalue weighted by molar-refractivity contribution is 0.0345. The van der Waals surface area contributed by atoms with Crippen LogP contribution in [0.15, 0.2) is 39.7 Å². The number of benzene rings is 1. The number of ether oxygens (including phenoxy) is 1. The van der Waals surface area contributed by atoms with E-state index in [-0.39, 0.29) is 11.5 Å². The molecule has 3 saturated heterocycles. The molecule has 2 atom stereocenters. The summed E-state index contributed by atoms with van der Waals surface area (Å²) >= 11 is 3.71. The van der Waals surface area contributed by atoms with Crippen LogP contribution in [-0.4, -0.2) is 46.4 Å². The van der Waals surface area contributed by atoms with Gasteiger partial charge in [0.05, 0.1) is 29.3 Å². The molecule has 3 fully saturated rings. The zero-order valence-corrected chi connectivity index (χ0v) is 19.8. The zero-order valence-electron chi connectivity index (χ0n) is 18.3. The second-order valence-electron chi connectivity index (χ2n) is 9.45. The first-order chi connectivity index (χ1) is 15.6. The van der Waals surface area contributed by atoms with Crippen LogP contribution < -0.4 is 10.3 Å². The van der Waals surface area contributed by atoms with Crippen LogP contribution >= 0.6 is 15.9 Å². The van der Waals surface area contributed by atoms with E-state index >= 15 is 0 Å². The molecule has 7 rings (SSSR count). The number of hydrogen-bond donors (Lipinski definition) is 0. The van der Waals surface area contributed by atoms with E-state index in [1.54, 1.807) is 13.3 Å². The third kappa shape index (κ3) is 3.28.